The highest BCUT2D eigenvalue weighted by atomic mass is 19.1. The third-order valence-corrected chi connectivity index (χ3v) is 4.88. The van der Waals surface area contributed by atoms with E-state index in [9.17, 15) is 4.39 Å². The normalized spacial score (nSPS) is 18.8. The quantitative estimate of drug-likeness (QED) is 0.846. The van der Waals surface area contributed by atoms with Gasteiger partial charge in [-0.2, -0.15) is 4.98 Å². The Bertz CT molecular complexity index is 710. The van der Waals surface area contributed by atoms with Crippen LogP contribution in [0.1, 0.15) is 18.4 Å². The van der Waals surface area contributed by atoms with Crippen LogP contribution in [0, 0.1) is 5.82 Å². The van der Waals surface area contributed by atoms with Gasteiger partial charge >= 0.3 is 0 Å². The summed E-state index contributed by atoms with van der Waals surface area (Å²) in [5, 5.41) is 0. The van der Waals surface area contributed by atoms with E-state index in [0.717, 1.165) is 63.1 Å². The van der Waals surface area contributed by atoms with Crippen molar-refractivity contribution in [3.8, 4) is 0 Å². The summed E-state index contributed by atoms with van der Waals surface area (Å²) in [5.41, 5.74) is 0.923. The highest BCUT2D eigenvalue weighted by molar-refractivity contribution is 5.44. The lowest BCUT2D eigenvalue weighted by molar-refractivity contribution is 0.248. The topological polar surface area (TPSA) is 48.4 Å². The molecule has 0 spiro atoms. The van der Waals surface area contributed by atoms with Crippen LogP contribution in [0.25, 0.3) is 0 Å². The van der Waals surface area contributed by atoms with E-state index in [4.69, 9.17) is 4.98 Å². The first-order valence-corrected chi connectivity index (χ1v) is 8.93. The number of piperazine rings is 1. The fraction of sp³-hybridized carbons (Fsp3) is 0.500. The van der Waals surface area contributed by atoms with Gasteiger partial charge in [-0.3, -0.25) is 9.88 Å². The van der Waals surface area contributed by atoms with E-state index in [1.165, 1.54) is 19.0 Å². The highest BCUT2D eigenvalue weighted by Crippen LogP contribution is 2.20. The Hall–Kier alpha value is -2.28. The van der Waals surface area contributed by atoms with Crippen LogP contribution in [0.3, 0.4) is 0 Å². The Labute approximate surface area is 147 Å². The zero-order chi connectivity index (χ0) is 17.1. The number of halogens is 1. The number of nitrogens with zero attached hydrogens (tertiary/aromatic N) is 6. The second kappa shape index (κ2) is 7.31. The van der Waals surface area contributed by atoms with Gasteiger partial charge in [0.25, 0.3) is 0 Å². The first-order chi connectivity index (χ1) is 12.3. The molecule has 0 atom stereocenters. The molecule has 0 unspecified atom stereocenters. The number of rotatable bonds is 4. The van der Waals surface area contributed by atoms with E-state index in [-0.39, 0.29) is 5.82 Å². The zero-order valence-corrected chi connectivity index (χ0v) is 14.3. The molecular formula is C18H23FN6. The van der Waals surface area contributed by atoms with E-state index in [1.54, 1.807) is 12.3 Å². The minimum absolute atomic E-state index is 0.272. The van der Waals surface area contributed by atoms with Crippen molar-refractivity contribution >= 4 is 11.8 Å². The summed E-state index contributed by atoms with van der Waals surface area (Å²) in [4.78, 5) is 20.0. The molecule has 0 N–H and O–H groups in total. The van der Waals surface area contributed by atoms with Gasteiger partial charge in [0, 0.05) is 58.2 Å². The maximum atomic E-state index is 13.3. The van der Waals surface area contributed by atoms with Gasteiger partial charge in [-0.05, 0) is 30.5 Å². The molecule has 25 heavy (non-hydrogen) atoms. The van der Waals surface area contributed by atoms with Crippen LogP contribution in [0.5, 0.6) is 0 Å². The van der Waals surface area contributed by atoms with Crippen LogP contribution in [0.15, 0.2) is 30.7 Å². The van der Waals surface area contributed by atoms with Crippen molar-refractivity contribution in [3.05, 3.63) is 42.1 Å². The average Bonchev–Trinajstić information content (AvgIpc) is 3.17. The summed E-state index contributed by atoms with van der Waals surface area (Å²) in [5.74, 6) is 1.58. The lowest BCUT2D eigenvalue weighted by Gasteiger charge is -2.35. The van der Waals surface area contributed by atoms with Crippen LogP contribution in [0.4, 0.5) is 16.2 Å². The third kappa shape index (κ3) is 3.87. The van der Waals surface area contributed by atoms with Gasteiger partial charge in [0.1, 0.15) is 11.6 Å². The number of anilines is 2. The molecule has 0 amide bonds. The second-order valence-corrected chi connectivity index (χ2v) is 6.68. The molecule has 2 saturated heterocycles. The van der Waals surface area contributed by atoms with Crippen LogP contribution < -0.4 is 9.80 Å². The summed E-state index contributed by atoms with van der Waals surface area (Å²) in [6, 6.07) is 3.55. The first kappa shape index (κ1) is 16.2. The van der Waals surface area contributed by atoms with E-state index in [0.29, 0.717) is 0 Å². The fourth-order valence-corrected chi connectivity index (χ4v) is 3.52. The van der Waals surface area contributed by atoms with Gasteiger partial charge in [-0.15, -0.1) is 0 Å². The molecule has 2 aliphatic rings. The summed E-state index contributed by atoms with van der Waals surface area (Å²) < 4.78 is 13.3. The van der Waals surface area contributed by atoms with E-state index in [1.807, 2.05) is 12.3 Å². The lowest BCUT2D eigenvalue weighted by Crippen LogP contribution is -2.46. The predicted molar refractivity (Wildman–Crippen MR) is 95.2 cm³/mol. The molecule has 0 bridgehead atoms. The molecule has 0 aromatic carbocycles. The lowest BCUT2D eigenvalue weighted by atomic mass is 10.2. The maximum Gasteiger partial charge on any atom is 0.227 e. The van der Waals surface area contributed by atoms with Gasteiger partial charge in [0.15, 0.2) is 0 Å². The number of pyridine rings is 1. The smallest absolute Gasteiger partial charge is 0.227 e. The van der Waals surface area contributed by atoms with Crippen LogP contribution in [-0.2, 0) is 6.54 Å². The van der Waals surface area contributed by atoms with Crippen molar-refractivity contribution in [3.63, 3.8) is 0 Å². The molecule has 7 heteroatoms. The highest BCUT2D eigenvalue weighted by Gasteiger charge is 2.20. The molecule has 4 rings (SSSR count). The minimum Gasteiger partial charge on any atom is -0.354 e. The molecule has 2 aromatic rings. The second-order valence-electron chi connectivity index (χ2n) is 6.68. The van der Waals surface area contributed by atoms with Gasteiger partial charge in [0.05, 0.1) is 6.20 Å². The Morgan fingerprint density at radius 3 is 2.52 bits per heavy atom. The Kier molecular flexibility index (Phi) is 4.74. The fourth-order valence-electron chi connectivity index (χ4n) is 3.52. The summed E-state index contributed by atoms with van der Waals surface area (Å²) in [7, 11) is 0. The number of aromatic nitrogens is 3. The molecule has 0 radical (unpaired) electrons. The Morgan fingerprint density at radius 1 is 0.960 bits per heavy atom. The molecule has 132 valence electrons. The maximum absolute atomic E-state index is 13.3. The molecule has 2 fully saturated rings. The largest absolute Gasteiger partial charge is 0.354 e. The first-order valence-electron chi connectivity index (χ1n) is 8.93. The van der Waals surface area contributed by atoms with Crippen molar-refractivity contribution in [2.45, 2.75) is 19.4 Å². The zero-order valence-electron chi connectivity index (χ0n) is 14.3. The third-order valence-electron chi connectivity index (χ3n) is 4.88. The summed E-state index contributed by atoms with van der Waals surface area (Å²) in [6.07, 6.45) is 7.29. The minimum atomic E-state index is -0.272. The summed E-state index contributed by atoms with van der Waals surface area (Å²) in [6.45, 7) is 6.54. The van der Waals surface area contributed by atoms with Gasteiger partial charge < -0.3 is 9.80 Å². The van der Waals surface area contributed by atoms with Gasteiger partial charge in [-0.1, -0.05) is 0 Å². The molecule has 2 aliphatic heterocycles. The van der Waals surface area contributed by atoms with Crippen molar-refractivity contribution in [1.29, 1.82) is 0 Å². The predicted octanol–water partition coefficient (Wildman–Crippen LogP) is 1.93. The van der Waals surface area contributed by atoms with Crippen LogP contribution in [0.2, 0.25) is 0 Å². The SMILES string of the molecule is Fc1cncc(CN2CCN(c3ccnc(N4CCCC4)n3)CC2)c1. The Balaban J connectivity index is 1.36. The Morgan fingerprint density at radius 2 is 1.76 bits per heavy atom. The van der Waals surface area contributed by atoms with E-state index >= 15 is 0 Å². The van der Waals surface area contributed by atoms with Crippen molar-refractivity contribution < 1.29 is 4.39 Å². The van der Waals surface area contributed by atoms with Crippen LogP contribution >= 0.6 is 0 Å². The molecule has 2 aromatic heterocycles. The van der Waals surface area contributed by atoms with E-state index in [2.05, 4.69) is 24.7 Å². The van der Waals surface area contributed by atoms with Crippen molar-refractivity contribution in [2.75, 3.05) is 49.1 Å². The van der Waals surface area contributed by atoms with Gasteiger partial charge in [-0.25, -0.2) is 9.37 Å². The van der Waals surface area contributed by atoms with Gasteiger partial charge in [0.2, 0.25) is 5.95 Å². The van der Waals surface area contributed by atoms with Crippen molar-refractivity contribution in [2.24, 2.45) is 0 Å². The van der Waals surface area contributed by atoms with Crippen LogP contribution in [-0.4, -0.2) is 59.1 Å². The summed E-state index contributed by atoms with van der Waals surface area (Å²) >= 11 is 0. The monoisotopic (exact) mass is 342 g/mol. The molecule has 0 saturated carbocycles. The number of hydrogen-bond acceptors (Lipinski definition) is 6. The van der Waals surface area contributed by atoms with E-state index < -0.39 is 0 Å². The number of hydrogen-bond donors (Lipinski definition) is 0. The average molecular weight is 342 g/mol. The van der Waals surface area contributed by atoms with Crippen molar-refractivity contribution in [1.82, 2.24) is 19.9 Å². The molecular weight excluding hydrogens is 319 g/mol. The molecule has 6 nitrogen and oxygen atoms in total. The molecule has 0 aliphatic carbocycles. The standard InChI is InChI=1S/C18H23FN6/c19-16-11-15(12-20-13-16)14-23-7-9-24(10-8-23)17-3-4-21-18(22-17)25-5-1-2-6-25/h3-4,11-13H,1-2,5-10,14H2. The molecule has 4 heterocycles.